The third-order valence-electron chi connectivity index (χ3n) is 11.3. The highest BCUT2D eigenvalue weighted by Gasteiger charge is 2.56. The molecule has 2 fully saturated rings. The fourth-order valence-electron chi connectivity index (χ4n) is 9.15. The Morgan fingerprint density at radius 2 is 0.676 bits per heavy atom. The summed E-state index contributed by atoms with van der Waals surface area (Å²) < 4.78 is 0. The van der Waals surface area contributed by atoms with Crippen molar-refractivity contribution in [1.29, 1.82) is 0 Å². The summed E-state index contributed by atoms with van der Waals surface area (Å²) in [5, 5.41) is 23.5. The summed E-state index contributed by atoms with van der Waals surface area (Å²) in [5.41, 5.74) is 0.656. The first-order valence-corrected chi connectivity index (χ1v) is 16.0. The molecule has 2 aliphatic rings. The number of aliphatic hydroxyl groups is 2. The molecule has 2 saturated carbocycles. The quantitative estimate of drug-likeness (QED) is 0.366. The van der Waals surface area contributed by atoms with Gasteiger partial charge >= 0.3 is 0 Å². The Morgan fingerprint density at radius 1 is 0.459 bits per heavy atom. The highest BCUT2D eigenvalue weighted by molar-refractivity contribution is 5.06. The van der Waals surface area contributed by atoms with Crippen LogP contribution in [0.15, 0.2) is 0 Å². The minimum atomic E-state index is -0.227. The second-order valence-corrected chi connectivity index (χ2v) is 17.9. The topological polar surface area (TPSA) is 40.5 Å². The molecule has 0 heterocycles. The van der Waals surface area contributed by atoms with Crippen LogP contribution in [0.3, 0.4) is 0 Å². The van der Waals surface area contributed by atoms with Gasteiger partial charge in [-0.15, -0.1) is 0 Å². The lowest BCUT2D eigenvalue weighted by atomic mass is 9.46. The molecule has 220 valence electrons. The highest BCUT2D eigenvalue weighted by Crippen LogP contribution is 2.62. The largest absolute Gasteiger partial charge is 0.393 e. The van der Waals surface area contributed by atoms with Gasteiger partial charge in [0.1, 0.15) is 0 Å². The summed E-state index contributed by atoms with van der Waals surface area (Å²) in [6, 6.07) is 0. The zero-order valence-electron chi connectivity index (χ0n) is 27.7. The Morgan fingerprint density at radius 3 is 0.838 bits per heavy atom. The fourth-order valence-corrected chi connectivity index (χ4v) is 9.15. The van der Waals surface area contributed by atoms with Gasteiger partial charge in [0, 0.05) is 0 Å². The lowest BCUT2D eigenvalue weighted by Crippen LogP contribution is -2.55. The van der Waals surface area contributed by atoms with Crippen molar-refractivity contribution < 1.29 is 10.2 Å². The zero-order chi connectivity index (χ0) is 28.8. The maximum Gasteiger partial charge on any atom is 0.0606 e. The smallest absolute Gasteiger partial charge is 0.0606 e. The molecule has 2 nitrogen and oxygen atoms in total. The molecule has 4 atom stereocenters. The SMILES string of the molecule is CCCC(CCC)(C1CC(C(C)(C)C)C(O)C(C(C)(C)C)C1)C1CC(C(C)(C)C)C(O)C(C(C)(C)C)C1. The molecule has 0 amide bonds. The Bertz CT molecular complexity index is 600. The fraction of sp³-hybridized carbons (Fsp3) is 1.00. The zero-order valence-corrected chi connectivity index (χ0v) is 27.7. The van der Waals surface area contributed by atoms with Crippen LogP contribution in [-0.4, -0.2) is 22.4 Å². The van der Waals surface area contributed by atoms with Crippen molar-refractivity contribution in [3.05, 3.63) is 0 Å². The molecule has 0 spiro atoms. The number of hydrogen-bond acceptors (Lipinski definition) is 2. The molecule has 0 saturated heterocycles. The van der Waals surface area contributed by atoms with Crippen LogP contribution in [-0.2, 0) is 0 Å². The van der Waals surface area contributed by atoms with Crippen LogP contribution in [0.25, 0.3) is 0 Å². The number of aliphatic hydroxyl groups excluding tert-OH is 2. The lowest BCUT2D eigenvalue weighted by Gasteiger charge is -2.60. The summed E-state index contributed by atoms with van der Waals surface area (Å²) in [5.74, 6) is 2.57. The molecular weight excluding hydrogens is 452 g/mol. The molecule has 2 heteroatoms. The van der Waals surface area contributed by atoms with E-state index in [4.69, 9.17) is 0 Å². The van der Waals surface area contributed by atoms with Gasteiger partial charge in [-0.05, 0) is 101 Å². The van der Waals surface area contributed by atoms with E-state index < -0.39 is 0 Å². The van der Waals surface area contributed by atoms with Gasteiger partial charge in [-0.1, -0.05) is 110 Å². The van der Waals surface area contributed by atoms with Crippen molar-refractivity contribution in [3.8, 4) is 0 Å². The molecule has 0 aliphatic heterocycles. The molecule has 4 unspecified atom stereocenters. The molecule has 0 aromatic rings. The predicted molar refractivity (Wildman–Crippen MR) is 161 cm³/mol. The van der Waals surface area contributed by atoms with Gasteiger partial charge in [-0.2, -0.15) is 0 Å². The Labute approximate surface area is 233 Å². The van der Waals surface area contributed by atoms with E-state index in [0.29, 0.717) is 35.5 Å². The molecule has 37 heavy (non-hydrogen) atoms. The summed E-state index contributed by atoms with van der Waals surface area (Å²) in [7, 11) is 0. The second-order valence-electron chi connectivity index (χ2n) is 17.9. The van der Waals surface area contributed by atoms with E-state index in [9.17, 15) is 10.2 Å². The summed E-state index contributed by atoms with van der Waals surface area (Å²) in [6.45, 7) is 33.0. The molecule has 0 aromatic carbocycles. The van der Waals surface area contributed by atoms with Crippen LogP contribution in [0.5, 0.6) is 0 Å². The van der Waals surface area contributed by atoms with Crippen LogP contribution < -0.4 is 0 Å². The van der Waals surface area contributed by atoms with Gasteiger partial charge < -0.3 is 10.2 Å². The van der Waals surface area contributed by atoms with Gasteiger partial charge in [-0.3, -0.25) is 0 Å². The normalized spacial score (nSPS) is 35.0. The van der Waals surface area contributed by atoms with E-state index in [0.717, 1.165) is 25.7 Å². The van der Waals surface area contributed by atoms with Gasteiger partial charge in [0.2, 0.25) is 0 Å². The minimum absolute atomic E-state index is 0.0937. The standard InChI is InChI=1S/C35H68O2/c1-15-17-35(18-16-2,23-19-25(31(3,4)5)29(36)26(20-23)32(6,7)8)24-21-27(33(9,10)11)30(37)28(22-24)34(12,13)14/h23-30,36-37H,15-22H2,1-14H3. The molecule has 0 radical (unpaired) electrons. The first kappa shape index (κ1) is 33.1. The maximum absolute atomic E-state index is 11.8. The Balaban J connectivity index is 2.69. The molecule has 0 bridgehead atoms. The lowest BCUT2D eigenvalue weighted by molar-refractivity contribution is -0.149. The van der Waals surface area contributed by atoms with Crippen LogP contribution in [0, 0.1) is 62.6 Å². The molecule has 2 aliphatic carbocycles. The summed E-state index contributed by atoms with van der Waals surface area (Å²) >= 11 is 0. The van der Waals surface area contributed by atoms with Gasteiger partial charge in [0.05, 0.1) is 12.2 Å². The van der Waals surface area contributed by atoms with Gasteiger partial charge in [0.15, 0.2) is 0 Å². The molecule has 2 rings (SSSR count). The highest BCUT2D eigenvalue weighted by atomic mass is 16.3. The Kier molecular flexibility index (Phi) is 10.2. The van der Waals surface area contributed by atoms with E-state index in [-0.39, 0.29) is 39.3 Å². The minimum Gasteiger partial charge on any atom is -0.393 e. The molecular formula is C35H68O2. The van der Waals surface area contributed by atoms with Gasteiger partial charge in [0.25, 0.3) is 0 Å². The predicted octanol–water partition coefficient (Wildman–Crippen LogP) is 9.76. The third kappa shape index (κ3) is 7.17. The number of rotatable bonds is 6. The molecule has 2 N–H and O–H groups in total. The van der Waals surface area contributed by atoms with Crippen molar-refractivity contribution in [2.75, 3.05) is 0 Å². The monoisotopic (exact) mass is 521 g/mol. The average molecular weight is 521 g/mol. The third-order valence-corrected chi connectivity index (χ3v) is 11.3. The maximum atomic E-state index is 11.8. The van der Waals surface area contributed by atoms with Crippen molar-refractivity contribution in [2.45, 2.75) is 161 Å². The summed E-state index contributed by atoms with van der Waals surface area (Å²) in [4.78, 5) is 0. The van der Waals surface area contributed by atoms with Crippen LogP contribution >= 0.6 is 0 Å². The molecule has 0 aromatic heterocycles. The first-order valence-electron chi connectivity index (χ1n) is 16.0. The second kappa shape index (κ2) is 11.4. The van der Waals surface area contributed by atoms with Crippen LogP contribution in [0.2, 0.25) is 0 Å². The number of hydrogen-bond donors (Lipinski definition) is 2. The van der Waals surface area contributed by atoms with Crippen molar-refractivity contribution >= 4 is 0 Å². The van der Waals surface area contributed by atoms with Crippen molar-refractivity contribution in [2.24, 2.45) is 62.6 Å². The van der Waals surface area contributed by atoms with E-state index in [1.54, 1.807) is 0 Å². The Hall–Kier alpha value is -0.0800. The first-order chi connectivity index (χ1) is 16.6. The van der Waals surface area contributed by atoms with E-state index in [2.05, 4.69) is 96.9 Å². The van der Waals surface area contributed by atoms with E-state index in [1.165, 1.54) is 25.7 Å². The van der Waals surface area contributed by atoms with E-state index in [1.807, 2.05) is 0 Å². The summed E-state index contributed by atoms with van der Waals surface area (Å²) in [6.07, 6.45) is 9.15. The average Bonchev–Trinajstić information content (AvgIpc) is 2.70. The van der Waals surface area contributed by atoms with E-state index >= 15 is 0 Å². The van der Waals surface area contributed by atoms with Gasteiger partial charge in [-0.25, -0.2) is 0 Å². The van der Waals surface area contributed by atoms with Crippen LogP contribution in [0.1, 0.15) is 148 Å². The van der Waals surface area contributed by atoms with Crippen molar-refractivity contribution in [3.63, 3.8) is 0 Å². The van der Waals surface area contributed by atoms with Crippen LogP contribution in [0.4, 0.5) is 0 Å². The van der Waals surface area contributed by atoms with Crippen molar-refractivity contribution in [1.82, 2.24) is 0 Å².